The Morgan fingerprint density at radius 1 is 1.11 bits per heavy atom. The zero-order valence-electron chi connectivity index (χ0n) is 15.7. The SMILES string of the molecule is COc1ccc2[nH]c(C(=O)N[C@@H](Cc3ccccc3)C(=O)N(C)C)cc2c1. The van der Waals surface area contributed by atoms with Crippen molar-refractivity contribution >= 4 is 22.7 Å². The Morgan fingerprint density at radius 3 is 2.52 bits per heavy atom. The molecule has 0 aliphatic carbocycles. The van der Waals surface area contributed by atoms with Crippen LogP contribution in [-0.2, 0) is 11.2 Å². The van der Waals surface area contributed by atoms with Crippen LogP contribution >= 0.6 is 0 Å². The van der Waals surface area contributed by atoms with Crippen molar-refractivity contribution in [2.24, 2.45) is 0 Å². The Hall–Kier alpha value is -3.28. The van der Waals surface area contributed by atoms with Crippen LogP contribution in [0.15, 0.2) is 54.6 Å². The molecule has 2 aromatic carbocycles. The summed E-state index contributed by atoms with van der Waals surface area (Å²) in [6.45, 7) is 0. The minimum absolute atomic E-state index is 0.148. The van der Waals surface area contributed by atoms with E-state index in [2.05, 4.69) is 10.3 Å². The number of carbonyl (C=O) groups excluding carboxylic acids is 2. The Morgan fingerprint density at radius 2 is 1.85 bits per heavy atom. The molecule has 0 saturated carbocycles. The third kappa shape index (κ3) is 4.28. The first-order valence-electron chi connectivity index (χ1n) is 8.70. The largest absolute Gasteiger partial charge is 0.497 e. The van der Waals surface area contributed by atoms with Crippen LogP contribution in [0.3, 0.4) is 0 Å². The van der Waals surface area contributed by atoms with E-state index in [0.29, 0.717) is 12.1 Å². The fourth-order valence-electron chi connectivity index (χ4n) is 2.96. The number of amides is 2. The minimum atomic E-state index is -0.643. The molecule has 0 saturated heterocycles. The van der Waals surface area contributed by atoms with Crippen LogP contribution in [0, 0.1) is 0 Å². The molecule has 1 heterocycles. The number of carbonyl (C=O) groups is 2. The summed E-state index contributed by atoms with van der Waals surface area (Å²) < 4.78 is 5.22. The maximum Gasteiger partial charge on any atom is 0.268 e. The van der Waals surface area contributed by atoms with E-state index in [4.69, 9.17) is 4.74 Å². The summed E-state index contributed by atoms with van der Waals surface area (Å²) in [7, 11) is 4.96. The lowest BCUT2D eigenvalue weighted by molar-refractivity contribution is -0.130. The average molecular weight is 365 g/mol. The van der Waals surface area contributed by atoms with E-state index < -0.39 is 6.04 Å². The van der Waals surface area contributed by atoms with E-state index >= 15 is 0 Å². The summed E-state index contributed by atoms with van der Waals surface area (Å²) in [4.78, 5) is 29.9. The summed E-state index contributed by atoms with van der Waals surface area (Å²) in [5.74, 6) is 0.254. The molecular weight excluding hydrogens is 342 g/mol. The standard InChI is InChI=1S/C21H23N3O3/c1-24(2)21(26)19(11-14-7-5-4-6-8-14)23-20(25)18-13-15-12-16(27-3)9-10-17(15)22-18/h4-10,12-13,19,22H,11H2,1-3H3,(H,23,25)/t19-/m0/s1. The fraction of sp³-hybridized carbons (Fsp3) is 0.238. The average Bonchev–Trinajstić information content (AvgIpc) is 3.10. The number of nitrogens with zero attached hydrogens (tertiary/aromatic N) is 1. The molecular formula is C21H23N3O3. The lowest BCUT2D eigenvalue weighted by atomic mass is 10.0. The number of hydrogen-bond acceptors (Lipinski definition) is 3. The van der Waals surface area contributed by atoms with Crippen molar-refractivity contribution in [3.05, 3.63) is 65.9 Å². The second-order valence-electron chi connectivity index (χ2n) is 6.58. The van der Waals surface area contributed by atoms with Gasteiger partial charge in [0, 0.05) is 31.4 Å². The number of H-pyrrole nitrogens is 1. The highest BCUT2D eigenvalue weighted by molar-refractivity contribution is 6.00. The Labute approximate surface area is 158 Å². The zero-order chi connectivity index (χ0) is 19.4. The molecule has 6 nitrogen and oxygen atoms in total. The van der Waals surface area contributed by atoms with Crippen LogP contribution in [-0.4, -0.2) is 48.9 Å². The van der Waals surface area contributed by atoms with Gasteiger partial charge < -0.3 is 19.9 Å². The van der Waals surface area contributed by atoms with Crippen LogP contribution in [0.1, 0.15) is 16.1 Å². The van der Waals surface area contributed by atoms with Crippen LogP contribution in [0.25, 0.3) is 10.9 Å². The summed E-state index contributed by atoms with van der Waals surface area (Å²) in [5.41, 5.74) is 2.22. The fourth-order valence-corrected chi connectivity index (χ4v) is 2.96. The Balaban J connectivity index is 1.82. The van der Waals surface area contributed by atoms with Gasteiger partial charge in [0.25, 0.3) is 5.91 Å². The molecule has 3 rings (SSSR count). The molecule has 1 atom stereocenters. The van der Waals surface area contributed by atoms with Gasteiger partial charge in [-0.15, -0.1) is 0 Å². The number of methoxy groups -OCH3 is 1. The first-order valence-corrected chi connectivity index (χ1v) is 8.70. The number of ether oxygens (including phenoxy) is 1. The number of hydrogen-bond donors (Lipinski definition) is 2. The van der Waals surface area contributed by atoms with Gasteiger partial charge in [-0.2, -0.15) is 0 Å². The highest BCUT2D eigenvalue weighted by Gasteiger charge is 2.24. The predicted octanol–water partition coefficient (Wildman–Crippen LogP) is 2.61. The molecule has 2 amide bonds. The van der Waals surface area contributed by atoms with E-state index in [-0.39, 0.29) is 11.8 Å². The molecule has 27 heavy (non-hydrogen) atoms. The Bertz CT molecular complexity index is 948. The monoisotopic (exact) mass is 365 g/mol. The normalized spacial score (nSPS) is 11.8. The summed E-state index contributed by atoms with van der Waals surface area (Å²) in [6, 6.07) is 16.3. The number of likely N-dealkylation sites (N-methyl/N-ethyl adjacent to an activating group) is 1. The lowest BCUT2D eigenvalue weighted by Gasteiger charge is -2.21. The van der Waals surface area contributed by atoms with Gasteiger partial charge in [-0.1, -0.05) is 30.3 Å². The topological polar surface area (TPSA) is 74.4 Å². The van der Waals surface area contributed by atoms with Gasteiger partial charge >= 0.3 is 0 Å². The second kappa shape index (κ2) is 7.95. The summed E-state index contributed by atoms with van der Waals surface area (Å²) in [6.07, 6.45) is 0.428. The van der Waals surface area contributed by atoms with Gasteiger partial charge in [0.05, 0.1) is 7.11 Å². The molecule has 140 valence electrons. The molecule has 0 aliphatic heterocycles. The number of aromatic nitrogens is 1. The quantitative estimate of drug-likeness (QED) is 0.705. The third-order valence-electron chi connectivity index (χ3n) is 4.40. The molecule has 3 aromatic rings. The smallest absolute Gasteiger partial charge is 0.268 e. The van der Waals surface area contributed by atoms with Gasteiger partial charge in [0.1, 0.15) is 17.5 Å². The molecule has 0 bridgehead atoms. The van der Waals surface area contributed by atoms with Crippen molar-refractivity contribution in [2.45, 2.75) is 12.5 Å². The molecule has 0 radical (unpaired) electrons. The van der Waals surface area contributed by atoms with Crippen molar-refractivity contribution in [1.29, 1.82) is 0 Å². The Kier molecular flexibility index (Phi) is 5.45. The van der Waals surface area contributed by atoms with Gasteiger partial charge in [0.2, 0.25) is 5.91 Å². The highest BCUT2D eigenvalue weighted by Crippen LogP contribution is 2.21. The van der Waals surface area contributed by atoms with Gasteiger partial charge in [-0.25, -0.2) is 0 Å². The van der Waals surface area contributed by atoms with Crippen molar-refractivity contribution in [1.82, 2.24) is 15.2 Å². The van der Waals surface area contributed by atoms with Crippen molar-refractivity contribution in [3.63, 3.8) is 0 Å². The van der Waals surface area contributed by atoms with E-state index in [1.54, 1.807) is 27.3 Å². The first-order chi connectivity index (χ1) is 13.0. The number of nitrogens with one attached hydrogen (secondary N) is 2. The highest BCUT2D eigenvalue weighted by atomic mass is 16.5. The van der Waals surface area contributed by atoms with Gasteiger partial charge in [-0.3, -0.25) is 9.59 Å². The predicted molar refractivity (Wildman–Crippen MR) is 105 cm³/mol. The van der Waals surface area contributed by atoms with Crippen LogP contribution in [0.5, 0.6) is 5.75 Å². The lowest BCUT2D eigenvalue weighted by Crippen LogP contribution is -2.47. The molecule has 6 heteroatoms. The van der Waals surface area contributed by atoms with Crippen LogP contribution in [0.2, 0.25) is 0 Å². The van der Waals surface area contributed by atoms with Crippen molar-refractivity contribution in [3.8, 4) is 5.75 Å². The van der Waals surface area contributed by atoms with Gasteiger partial charge in [0.15, 0.2) is 0 Å². The van der Waals surface area contributed by atoms with E-state index in [9.17, 15) is 9.59 Å². The van der Waals surface area contributed by atoms with Crippen molar-refractivity contribution < 1.29 is 14.3 Å². The molecule has 1 aromatic heterocycles. The van der Waals surface area contributed by atoms with E-state index in [0.717, 1.165) is 22.2 Å². The summed E-state index contributed by atoms with van der Waals surface area (Å²) >= 11 is 0. The van der Waals surface area contributed by atoms with Crippen molar-refractivity contribution in [2.75, 3.05) is 21.2 Å². The maximum absolute atomic E-state index is 12.8. The second-order valence-corrected chi connectivity index (χ2v) is 6.58. The molecule has 0 unspecified atom stereocenters. The number of benzene rings is 2. The maximum atomic E-state index is 12.8. The zero-order valence-corrected chi connectivity index (χ0v) is 15.7. The van der Waals surface area contributed by atoms with E-state index in [1.165, 1.54) is 4.90 Å². The summed E-state index contributed by atoms with van der Waals surface area (Å²) in [5, 5.41) is 3.73. The third-order valence-corrected chi connectivity index (χ3v) is 4.40. The number of fused-ring (bicyclic) bond motifs is 1. The molecule has 0 aliphatic rings. The number of rotatable bonds is 6. The minimum Gasteiger partial charge on any atom is -0.497 e. The molecule has 0 fully saturated rings. The van der Waals surface area contributed by atoms with Crippen LogP contribution in [0.4, 0.5) is 0 Å². The first kappa shape index (κ1) is 18.5. The van der Waals surface area contributed by atoms with Crippen LogP contribution < -0.4 is 10.1 Å². The number of aromatic amines is 1. The molecule has 2 N–H and O–H groups in total. The van der Waals surface area contributed by atoms with Gasteiger partial charge in [-0.05, 0) is 29.8 Å². The van der Waals surface area contributed by atoms with E-state index in [1.807, 2.05) is 48.5 Å². The molecule has 0 spiro atoms.